The highest BCUT2D eigenvalue weighted by molar-refractivity contribution is 7.08. The number of ether oxygens (including phenoxy) is 1. The number of anilines is 1. The molecule has 6 nitrogen and oxygen atoms in total. The molecule has 1 aromatic carbocycles. The van der Waals surface area contributed by atoms with Crippen molar-refractivity contribution >= 4 is 40.4 Å². The van der Waals surface area contributed by atoms with Crippen LogP contribution < -0.4 is 10.6 Å². The summed E-state index contributed by atoms with van der Waals surface area (Å²) in [7, 11) is 0. The van der Waals surface area contributed by atoms with Crippen LogP contribution in [0.2, 0.25) is 5.02 Å². The summed E-state index contributed by atoms with van der Waals surface area (Å²) < 4.78 is 5.41. The zero-order chi connectivity index (χ0) is 18.4. The van der Waals surface area contributed by atoms with Crippen LogP contribution in [0, 0.1) is 0 Å². The van der Waals surface area contributed by atoms with Crippen LogP contribution in [0.4, 0.5) is 5.69 Å². The van der Waals surface area contributed by atoms with Gasteiger partial charge < -0.3 is 15.4 Å². The maximum Gasteiger partial charge on any atom is 0.313 e. The summed E-state index contributed by atoms with van der Waals surface area (Å²) in [6.07, 6.45) is 0. The van der Waals surface area contributed by atoms with Crippen molar-refractivity contribution in [3.8, 4) is 0 Å². The van der Waals surface area contributed by atoms with Gasteiger partial charge in [0.15, 0.2) is 0 Å². The van der Waals surface area contributed by atoms with E-state index in [1.54, 1.807) is 35.6 Å². The molecule has 0 saturated carbocycles. The molecule has 1 fully saturated rings. The van der Waals surface area contributed by atoms with Crippen LogP contribution >= 0.6 is 22.9 Å². The lowest BCUT2D eigenvalue weighted by atomic mass is 10.1. The van der Waals surface area contributed by atoms with Gasteiger partial charge in [-0.1, -0.05) is 17.7 Å². The Bertz CT molecular complexity index is 748. The molecular weight excluding hydrogens is 374 g/mol. The minimum Gasteiger partial charge on any atom is -0.379 e. The predicted molar refractivity (Wildman–Crippen MR) is 103 cm³/mol. The first-order valence-corrected chi connectivity index (χ1v) is 9.64. The number of carbonyl (C=O) groups excluding carboxylic acids is 2. The summed E-state index contributed by atoms with van der Waals surface area (Å²) in [5.41, 5.74) is 1.62. The van der Waals surface area contributed by atoms with Crippen LogP contribution in [0.3, 0.4) is 0 Å². The number of benzene rings is 1. The van der Waals surface area contributed by atoms with Crippen LogP contribution in [0.25, 0.3) is 0 Å². The molecule has 1 aliphatic heterocycles. The minimum absolute atomic E-state index is 0.0214. The largest absolute Gasteiger partial charge is 0.379 e. The van der Waals surface area contributed by atoms with Gasteiger partial charge in [-0.2, -0.15) is 11.3 Å². The summed E-state index contributed by atoms with van der Waals surface area (Å²) in [5, 5.41) is 9.87. The summed E-state index contributed by atoms with van der Waals surface area (Å²) in [6, 6.07) is 8.75. The van der Waals surface area contributed by atoms with Gasteiger partial charge in [0.25, 0.3) is 0 Å². The van der Waals surface area contributed by atoms with E-state index in [0.717, 1.165) is 18.7 Å². The van der Waals surface area contributed by atoms with Crippen molar-refractivity contribution in [1.82, 2.24) is 10.2 Å². The average molecular weight is 394 g/mol. The fraction of sp³-hybridized carbons (Fsp3) is 0.333. The van der Waals surface area contributed by atoms with E-state index in [2.05, 4.69) is 20.9 Å². The Balaban J connectivity index is 1.59. The lowest BCUT2D eigenvalue weighted by Crippen LogP contribution is -2.45. The third-order valence-electron chi connectivity index (χ3n) is 4.16. The Labute approximate surface area is 161 Å². The molecule has 2 N–H and O–H groups in total. The van der Waals surface area contributed by atoms with E-state index >= 15 is 0 Å². The van der Waals surface area contributed by atoms with Crippen molar-refractivity contribution < 1.29 is 14.3 Å². The number of carbonyl (C=O) groups is 2. The van der Waals surface area contributed by atoms with Crippen LogP contribution in [0.1, 0.15) is 11.6 Å². The standard InChI is InChI=1S/C18H20ClN3O3S/c19-14-2-1-3-15(10-14)21-18(24)17(23)20-11-16(13-4-9-26-12-13)22-5-7-25-8-6-22/h1-4,9-10,12,16H,5-8,11H2,(H,20,23)(H,21,24). The topological polar surface area (TPSA) is 70.7 Å². The van der Waals surface area contributed by atoms with Gasteiger partial charge in [-0.3, -0.25) is 14.5 Å². The second kappa shape index (κ2) is 9.14. The number of nitrogens with zero attached hydrogens (tertiary/aromatic N) is 1. The fourth-order valence-corrected chi connectivity index (χ4v) is 3.73. The number of morpholine rings is 1. The average Bonchev–Trinajstić information content (AvgIpc) is 3.17. The van der Waals surface area contributed by atoms with Crippen LogP contribution in [-0.2, 0) is 14.3 Å². The Morgan fingerprint density at radius 2 is 2.04 bits per heavy atom. The van der Waals surface area contributed by atoms with Crippen molar-refractivity contribution in [3.63, 3.8) is 0 Å². The van der Waals surface area contributed by atoms with E-state index in [9.17, 15) is 9.59 Å². The lowest BCUT2D eigenvalue weighted by Gasteiger charge is -2.34. The Morgan fingerprint density at radius 1 is 1.23 bits per heavy atom. The molecule has 1 saturated heterocycles. The van der Waals surface area contributed by atoms with Crippen LogP contribution in [-0.4, -0.2) is 49.6 Å². The number of rotatable bonds is 5. The highest BCUT2D eigenvalue weighted by Gasteiger charge is 2.24. The maximum absolute atomic E-state index is 12.2. The maximum atomic E-state index is 12.2. The van der Waals surface area contributed by atoms with E-state index in [1.165, 1.54) is 0 Å². The van der Waals surface area contributed by atoms with Gasteiger partial charge in [0, 0.05) is 30.3 Å². The van der Waals surface area contributed by atoms with Crippen molar-refractivity contribution in [2.24, 2.45) is 0 Å². The van der Waals surface area contributed by atoms with Gasteiger partial charge in [0.1, 0.15) is 0 Å². The molecule has 1 aliphatic rings. The second-order valence-electron chi connectivity index (χ2n) is 5.90. The number of hydrogen-bond donors (Lipinski definition) is 2. The molecule has 1 atom stereocenters. The minimum atomic E-state index is -0.710. The second-order valence-corrected chi connectivity index (χ2v) is 7.11. The molecule has 3 rings (SSSR count). The molecule has 8 heteroatoms. The summed E-state index contributed by atoms with van der Waals surface area (Å²) in [6.45, 7) is 3.29. The lowest BCUT2D eigenvalue weighted by molar-refractivity contribution is -0.136. The van der Waals surface area contributed by atoms with Crippen molar-refractivity contribution in [3.05, 3.63) is 51.7 Å². The molecule has 2 amide bonds. The van der Waals surface area contributed by atoms with Crippen molar-refractivity contribution in [2.45, 2.75) is 6.04 Å². The molecule has 0 spiro atoms. The Morgan fingerprint density at radius 3 is 2.73 bits per heavy atom. The highest BCUT2D eigenvalue weighted by Crippen LogP contribution is 2.23. The monoisotopic (exact) mass is 393 g/mol. The molecule has 1 aromatic heterocycles. The third-order valence-corrected chi connectivity index (χ3v) is 5.10. The van der Waals surface area contributed by atoms with Gasteiger partial charge >= 0.3 is 11.8 Å². The SMILES string of the molecule is O=C(NCC(c1ccsc1)N1CCOCC1)C(=O)Nc1cccc(Cl)c1. The van der Waals surface area contributed by atoms with E-state index in [4.69, 9.17) is 16.3 Å². The third kappa shape index (κ3) is 5.04. The quantitative estimate of drug-likeness (QED) is 0.766. The normalized spacial score (nSPS) is 16.0. The smallest absolute Gasteiger partial charge is 0.313 e. The van der Waals surface area contributed by atoms with Crippen molar-refractivity contribution in [2.75, 3.05) is 38.2 Å². The molecule has 2 heterocycles. The van der Waals surface area contributed by atoms with Crippen LogP contribution in [0.15, 0.2) is 41.1 Å². The van der Waals surface area contributed by atoms with Gasteiger partial charge in [0.2, 0.25) is 0 Å². The zero-order valence-corrected chi connectivity index (χ0v) is 15.7. The molecule has 2 aromatic rings. The predicted octanol–water partition coefficient (Wildman–Crippen LogP) is 2.53. The molecular formula is C18H20ClN3O3S. The highest BCUT2D eigenvalue weighted by atomic mass is 35.5. The number of nitrogens with one attached hydrogen (secondary N) is 2. The fourth-order valence-electron chi connectivity index (χ4n) is 2.84. The molecule has 138 valence electrons. The molecule has 1 unspecified atom stereocenters. The molecule has 0 bridgehead atoms. The van der Waals surface area contributed by atoms with Gasteiger partial charge in [-0.25, -0.2) is 0 Å². The molecule has 0 aliphatic carbocycles. The van der Waals surface area contributed by atoms with E-state index in [1.807, 2.05) is 11.4 Å². The molecule has 26 heavy (non-hydrogen) atoms. The first kappa shape index (κ1) is 18.8. The Kier molecular flexibility index (Phi) is 6.62. The zero-order valence-electron chi connectivity index (χ0n) is 14.1. The summed E-state index contributed by atoms with van der Waals surface area (Å²) in [5.74, 6) is -1.38. The van der Waals surface area contributed by atoms with E-state index < -0.39 is 11.8 Å². The Hall–Kier alpha value is -1.93. The van der Waals surface area contributed by atoms with E-state index in [0.29, 0.717) is 30.5 Å². The summed E-state index contributed by atoms with van der Waals surface area (Å²) >= 11 is 7.50. The first-order chi connectivity index (χ1) is 12.6. The summed E-state index contributed by atoms with van der Waals surface area (Å²) in [4.78, 5) is 26.6. The molecule has 0 radical (unpaired) electrons. The van der Waals surface area contributed by atoms with Gasteiger partial charge in [-0.15, -0.1) is 0 Å². The van der Waals surface area contributed by atoms with Gasteiger partial charge in [-0.05, 0) is 40.6 Å². The van der Waals surface area contributed by atoms with Gasteiger partial charge in [0.05, 0.1) is 19.3 Å². The number of amides is 2. The van der Waals surface area contributed by atoms with Crippen molar-refractivity contribution in [1.29, 1.82) is 0 Å². The van der Waals surface area contributed by atoms with E-state index in [-0.39, 0.29) is 6.04 Å². The first-order valence-electron chi connectivity index (χ1n) is 8.32. The van der Waals surface area contributed by atoms with Crippen LogP contribution in [0.5, 0.6) is 0 Å². The number of thiophene rings is 1. The number of hydrogen-bond acceptors (Lipinski definition) is 5. The number of halogens is 1.